The van der Waals surface area contributed by atoms with Crippen molar-refractivity contribution in [2.24, 2.45) is 0 Å². The topological polar surface area (TPSA) is 104 Å². The zero-order chi connectivity index (χ0) is 18.5. The lowest BCUT2D eigenvalue weighted by Crippen LogP contribution is -2.34. The summed E-state index contributed by atoms with van der Waals surface area (Å²) in [7, 11) is 1.51. The van der Waals surface area contributed by atoms with Crippen molar-refractivity contribution < 1.29 is 29.3 Å². The highest BCUT2D eigenvalue weighted by molar-refractivity contribution is 5.94. The van der Waals surface area contributed by atoms with E-state index in [1.807, 2.05) is 0 Å². The Morgan fingerprint density at radius 1 is 1.08 bits per heavy atom. The smallest absolute Gasteiger partial charge is 0.410 e. The van der Waals surface area contributed by atoms with Crippen LogP contribution in [0.1, 0.15) is 47.1 Å². The van der Waals surface area contributed by atoms with Crippen LogP contribution in [0.5, 0.6) is 0 Å². The number of carbonyl (C=O) groups excluding carboxylic acids is 1. The highest BCUT2D eigenvalue weighted by Gasteiger charge is 2.18. The molecule has 1 aromatic carbocycles. The number of aromatic carboxylic acids is 2. The lowest BCUT2D eigenvalue weighted by Gasteiger charge is -2.23. The molecular formula is C17H19NO6. The van der Waals surface area contributed by atoms with E-state index in [0.717, 1.165) is 6.07 Å². The van der Waals surface area contributed by atoms with Crippen LogP contribution in [0.15, 0.2) is 18.2 Å². The van der Waals surface area contributed by atoms with Crippen LogP contribution in [0.25, 0.3) is 0 Å². The summed E-state index contributed by atoms with van der Waals surface area (Å²) >= 11 is 0. The molecule has 0 fully saturated rings. The molecule has 128 valence electrons. The van der Waals surface area contributed by atoms with Gasteiger partial charge >= 0.3 is 18.0 Å². The van der Waals surface area contributed by atoms with Crippen molar-refractivity contribution in [3.05, 3.63) is 34.9 Å². The minimum absolute atomic E-state index is 0.0502. The molecule has 7 nitrogen and oxygen atoms in total. The number of hydrogen-bond donors (Lipinski definition) is 2. The fourth-order valence-electron chi connectivity index (χ4n) is 1.61. The second kappa shape index (κ2) is 7.51. The molecule has 0 bridgehead atoms. The Bertz CT molecular complexity index is 689. The first-order valence-corrected chi connectivity index (χ1v) is 7.04. The van der Waals surface area contributed by atoms with Crippen LogP contribution in [0.3, 0.4) is 0 Å². The highest BCUT2D eigenvalue weighted by Crippen LogP contribution is 2.11. The summed E-state index contributed by atoms with van der Waals surface area (Å²) < 4.78 is 5.17. The predicted octanol–water partition coefficient (Wildman–Crippen LogP) is 2.30. The van der Waals surface area contributed by atoms with Gasteiger partial charge in [-0.25, -0.2) is 14.4 Å². The van der Waals surface area contributed by atoms with Crippen molar-refractivity contribution in [2.75, 3.05) is 13.6 Å². The number of carbonyl (C=O) groups is 3. The molecule has 0 aliphatic heterocycles. The maximum atomic E-state index is 11.8. The van der Waals surface area contributed by atoms with Gasteiger partial charge < -0.3 is 19.8 Å². The third-order valence-electron chi connectivity index (χ3n) is 2.68. The zero-order valence-corrected chi connectivity index (χ0v) is 13.9. The zero-order valence-electron chi connectivity index (χ0n) is 13.9. The number of nitrogens with zero attached hydrogens (tertiary/aromatic N) is 1. The number of carboxylic acid groups (broad SMARTS) is 2. The van der Waals surface area contributed by atoms with Gasteiger partial charge in [-0.3, -0.25) is 0 Å². The monoisotopic (exact) mass is 333 g/mol. The van der Waals surface area contributed by atoms with E-state index in [2.05, 4.69) is 11.8 Å². The lowest BCUT2D eigenvalue weighted by atomic mass is 10.1. The van der Waals surface area contributed by atoms with Crippen LogP contribution in [0.4, 0.5) is 4.79 Å². The SMILES string of the molecule is CN(CC#Cc1cc(C(=O)O)cc(C(=O)O)c1)C(=O)OC(C)(C)C. The maximum Gasteiger partial charge on any atom is 0.410 e. The van der Waals surface area contributed by atoms with Crippen molar-refractivity contribution in [3.8, 4) is 11.8 Å². The Balaban J connectivity index is 2.91. The van der Waals surface area contributed by atoms with Crippen molar-refractivity contribution in [1.82, 2.24) is 4.90 Å². The molecule has 0 saturated carbocycles. The van der Waals surface area contributed by atoms with Gasteiger partial charge in [0.25, 0.3) is 0 Å². The Morgan fingerprint density at radius 3 is 2.00 bits per heavy atom. The molecule has 0 saturated heterocycles. The van der Waals surface area contributed by atoms with E-state index in [1.165, 1.54) is 24.1 Å². The van der Waals surface area contributed by atoms with Crippen molar-refractivity contribution >= 4 is 18.0 Å². The Kier molecular flexibility index (Phi) is 5.95. The number of rotatable bonds is 3. The van der Waals surface area contributed by atoms with E-state index >= 15 is 0 Å². The van der Waals surface area contributed by atoms with Gasteiger partial charge in [0.2, 0.25) is 0 Å². The van der Waals surface area contributed by atoms with Crippen molar-refractivity contribution in [1.29, 1.82) is 0 Å². The average molecular weight is 333 g/mol. The molecule has 0 atom stereocenters. The molecule has 0 heterocycles. The first-order valence-electron chi connectivity index (χ1n) is 7.04. The van der Waals surface area contributed by atoms with E-state index in [9.17, 15) is 14.4 Å². The predicted molar refractivity (Wildman–Crippen MR) is 86.1 cm³/mol. The second-order valence-corrected chi connectivity index (χ2v) is 6.05. The first kappa shape index (κ1) is 19.0. The number of hydrogen-bond acceptors (Lipinski definition) is 4. The molecule has 1 rings (SSSR count). The molecule has 1 amide bonds. The van der Waals surface area contributed by atoms with E-state index in [1.54, 1.807) is 20.8 Å². The van der Waals surface area contributed by atoms with Crippen LogP contribution < -0.4 is 0 Å². The quantitative estimate of drug-likeness (QED) is 0.823. The van der Waals surface area contributed by atoms with Crippen LogP contribution >= 0.6 is 0 Å². The summed E-state index contributed by atoms with van der Waals surface area (Å²) in [4.78, 5) is 35.1. The Labute approximate surface area is 139 Å². The summed E-state index contributed by atoms with van der Waals surface area (Å²) in [5.41, 5.74) is -0.713. The van der Waals surface area contributed by atoms with Gasteiger partial charge in [-0.1, -0.05) is 11.8 Å². The molecule has 0 spiro atoms. The molecule has 7 heteroatoms. The van der Waals surface area contributed by atoms with Crippen molar-refractivity contribution in [2.45, 2.75) is 26.4 Å². The molecule has 24 heavy (non-hydrogen) atoms. The summed E-state index contributed by atoms with van der Waals surface area (Å²) in [6, 6.07) is 3.60. The standard InChI is InChI=1S/C17H19NO6/c1-17(2,3)24-16(23)18(4)7-5-6-11-8-12(14(19)20)10-13(9-11)15(21)22/h8-10H,7H2,1-4H3,(H,19,20)(H,21,22). The second-order valence-electron chi connectivity index (χ2n) is 6.05. The number of ether oxygens (including phenoxy) is 1. The number of benzene rings is 1. The first-order chi connectivity index (χ1) is 11.0. The third-order valence-corrected chi connectivity index (χ3v) is 2.68. The molecule has 0 aliphatic carbocycles. The normalized spacial score (nSPS) is 10.3. The molecule has 1 aromatic rings. The highest BCUT2D eigenvalue weighted by atomic mass is 16.6. The molecule has 2 N–H and O–H groups in total. The van der Waals surface area contributed by atoms with E-state index in [-0.39, 0.29) is 23.2 Å². The fourth-order valence-corrected chi connectivity index (χ4v) is 1.61. The van der Waals surface area contributed by atoms with Crippen LogP contribution in [0, 0.1) is 11.8 Å². The van der Waals surface area contributed by atoms with Gasteiger partial charge in [0.1, 0.15) is 5.60 Å². The fraction of sp³-hybridized carbons (Fsp3) is 0.353. The third kappa shape index (κ3) is 6.01. The van der Waals surface area contributed by atoms with E-state index in [4.69, 9.17) is 14.9 Å². The van der Waals surface area contributed by atoms with Gasteiger partial charge in [-0.15, -0.1) is 0 Å². The summed E-state index contributed by atoms with van der Waals surface area (Å²) in [6.45, 7) is 5.29. The minimum atomic E-state index is -1.24. The largest absolute Gasteiger partial charge is 0.478 e. The molecule has 0 aromatic heterocycles. The van der Waals surface area contributed by atoms with Crippen LogP contribution in [-0.4, -0.2) is 52.3 Å². The molecule has 0 radical (unpaired) electrons. The average Bonchev–Trinajstić information content (AvgIpc) is 2.44. The van der Waals surface area contributed by atoms with Crippen molar-refractivity contribution in [3.63, 3.8) is 0 Å². The summed E-state index contributed by atoms with van der Waals surface area (Å²) in [5.74, 6) is 2.86. The number of amides is 1. The lowest BCUT2D eigenvalue weighted by molar-refractivity contribution is 0.0320. The van der Waals surface area contributed by atoms with Gasteiger partial charge in [0.15, 0.2) is 0 Å². The summed E-state index contributed by atoms with van der Waals surface area (Å²) in [5, 5.41) is 18.0. The number of carboxylic acids is 2. The van der Waals surface area contributed by atoms with Crippen LogP contribution in [-0.2, 0) is 4.74 Å². The molecule has 0 aliphatic rings. The Morgan fingerprint density at radius 2 is 1.58 bits per heavy atom. The van der Waals surface area contributed by atoms with Gasteiger partial charge in [0, 0.05) is 12.6 Å². The van der Waals surface area contributed by atoms with Gasteiger partial charge in [-0.2, -0.15) is 0 Å². The van der Waals surface area contributed by atoms with Gasteiger partial charge in [-0.05, 0) is 39.0 Å². The maximum absolute atomic E-state index is 11.8. The van der Waals surface area contributed by atoms with Gasteiger partial charge in [0.05, 0.1) is 17.7 Å². The van der Waals surface area contributed by atoms with E-state index in [0.29, 0.717) is 0 Å². The minimum Gasteiger partial charge on any atom is -0.478 e. The van der Waals surface area contributed by atoms with E-state index < -0.39 is 23.6 Å². The summed E-state index contributed by atoms with van der Waals surface area (Å²) in [6.07, 6.45) is -0.540. The molecule has 0 unspecified atom stereocenters. The van der Waals surface area contributed by atoms with Crippen LogP contribution in [0.2, 0.25) is 0 Å². The molecular weight excluding hydrogens is 314 g/mol. The Hall–Kier alpha value is -3.01.